The van der Waals surface area contributed by atoms with Gasteiger partial charge in [-0.1, -0.05) is 6.07 Å². The molecule has 3 rings (SSSR count). The van der Waals surface area contributed by atoms with Crippen LogP contribution >= 0.6 is 0 Å². The highest BCUT2D eigenvalue weighted by atomic mass is 19.1. The van der Waals surface area contributed by atoms with Gasteiger partial charge in [0.2, 0.25) is 0 Å². The first-order valence-electron chi connectivity index (χ1n) is 7.72. The van der Waals surface area contributed by atoms with E-state index in [1.54, 1.807) is 19.2 Å². The summed E-state index contributed by atoms with van der Waals surface area (Å²) in [6.07, 6.45) is 1.69. The molecule has 0 aliphatic heterocycles. The Balaban J connectivity index is 1.83. The highest BCUT2D eigenvalue weighted by Crippen LogP contribution is 2.22. The molecule has 0 aliphatic carbocycles. The fourth-order valence-corrected chi connectivity index (χ4v) is 2.68. The summed E-state index contributed by atoms with van der Waals surface area (Å²) in [5, 5.41) is 2.91. The predicted molar refractivity (Wildman–Crippen MR) is 87.8 cm³/mol. The van der Waals surface area contributed by atoms with Gasteiger partial charge in [0.25, 0.3) is 5.56 Å². The molecule has 3 aromatic rings. The molecule has 0 spiro atoms. The van der Waals surface area contributed by atoms with Gasteiger partial charge in [0.15, 0.2) is 0 Å². The molecule has 0 radical (unpaired) electrons. The van der Waals surface area contributed by atoms with Crippen molar-refractivity contribution in [2.24, 2.45) is 0 Å². The number of nitrogens with zero attached hydrogens (tertiary/aromatic N) is 2. The smallest absolute Gasteiger partial charge is 0.258 e. The van der Waals surface area contributed by atoms with Crippen LogP contribution in [0.1, 0.15) is 29.8 Å². The molecule has 25 heavy (non-hydrogen) atoms. The molecule has 0 fully saturated rings. The van der Waals surface area contributed by atoms with Gasteiger partial charge in [0.05, 0.1) is 5.69 Å². The van der Waals surface area contributed by atoms with Crippen LogP contribution in [0.4, 0.5) is 13.2 Å². The van der Waals surface area contributed by atoms with E-state index in [0.717, 1.165) is 5.56 Å². The first kappa shape index (κ1) is 17.2. The molecule has 0 amide bonds. The van der Waals surface area contributed by atoms with Crippen LogP contribution < -0.4 is 10.9 Å². The molecule has 7 heteroatoms. The van der Waals surface area contributed by atoms with Crippen LogP contribution in [0, 0.1) is 24.4 Å². The number of nitrogens with one attached hydrogen (secondary N) is 1. The molecule has 0 bridgehead atoms. The predicted octanol–water partition coefficient (Wildman–Crippen LogP) is 3.27. The molecule has 4 nitrogen and oxygen atoms in total. The number of aryl methyl sites for hydroxylation is 1. The number of hydrogen-bond acceptors (Lipinski definition) is 3. The molecule has 2 aromatic heterocycles. The van der Waals surface area contributed by atoms with Crippen LogP contribution in [-0.2, 0) is 6.54 Å². The summed E-state index contributed by atoms with van der Waals surface area (Å²) in [6, 6.07) is 5.48. The third-order valence-corrected chi connectivity index (χ3v) is 3.93. The first-order valence-corrected chi connectivity index (χ1v) is 7.72. The molecule has 130 valence electrons. The molecule has 0 unspecified atom stereocenters. The minimum absolute atomic E-state index is 0.136. The Morgan fingerprint density at radius 3 is 2.52 bits per heavy atom. The average Bonchev–Trinajstić information content (AvgIpc) is 2.52. The number of aromatic nitrogens is 2. The Bertz CT molecular complexity index is 978. The van der Waals surface area contributed by atoms with E-state index in [2.05, 4.69) is 10.3 Å². The average molecular weight is 347 g/mol. The highest BCUT2D eigenvalue weighted by Gasteiger charge is 2.17. The highest BCUT2D eigenvalue weighted by molar-refractivity contribution is 5.40. The van der Waals surface area contributed by atoms with Crippen molar-refractivity contribution in [1.29, 1.82) is 0 Å². The van der Waals surface area contributed by atoms with E-state index < -0.39 is 23.5 Å². The standard InChI is InChI=1S/C18H16F3N3O/c1-10-3-4-16-23-13(7-17(25)24(16)9-10)8-22-11(2)18-14(20)5-12(19)6-15(18)21/h3-7,9,11,22H,8H2,1-2H3/t11-/m1/s1. The van der Waals surface area contributed by atoms with Crippen molar-refractivity contribution in [3.05, 3.63) is 81.2 Å². The van der Waals surface area contributed by atoms with Crippen molar-refractivity contribution in [2.45, 2.75) is 26.4 Å². The Labute approximate surface area is 142 Å². The lowest BCUT2D eigenvalue weighted by Crippen LogP contribution is -2.23. The van der Waals surface area contributed by atoms with Gasteiger partial charge in [-0.2, -0.15) is 0 Å². The number of benzene rings is 1. The molecule has 0 saturated heterocycles. The number of pyridine rings is 1. The zero-order valence-corrected chi connectivity index (χ0v) is 13.7. The van der Waals surface area contributed by atoms with Crippen molar-refractivity contribution >= 4 is 5.65 Å². The zero-order chi connectivity index (χ0) is 18.1. The number of hydrogen-bond donors (Lipinski definition) is 1. The van der Waals surface area contributed by atoms with Crippen molar-refractivity contribution < 1.29 is 13.2 Å². The second kappa shape index (κ2) is 6.68. The molecule has 2 heterocycles. The second-order valence-electron chi connectivity index (χ2n) is 5.91. The van der Waals surface area contributed by atoms with Gasteiger partial charge < -0.3 is 5.32 Å². The second-order valence-corrected chi connectivity index (χ2v) is 5.91. The normalized spacial score (nSPS) is 12.5. The SMILES string of the molecule is Cc1ccc2nc(CN[C@H](C)c3c(F)cc(F)cc3F)cc(=O)n2c1. The largest absolute Gasteiger partial charge is 0.304 e. The minimum Gasteiger partial charge on any atom is -0.304 e. The number of fused-ring (bicyclic) bond motifs is 1. The van der Waals surface area contributed by atoms with Crippen LogP contribution in [-0.4, -0.2) is 9.38 Å². The van der Waals surface area contributed by atoms with Crippen molar-refractivity contribution in [3.8, 4) is 0 Å². The molecule has 1 atom stereocenters. The molecule has 0 aliphatic rings. The Morgan fingerprint density at radius 2 is 1.84 bits per heavy atom. The summed E-state index contributed by atoms with van der Waals surface area (Å²) in [7, 11) is 0. The maximum absolute atomic E-state index is 13.8. The first-order chi connectivity index (χ1) is 11.8. The molecule has 1 N–H and O–H groups in total. The van der Waals surface area contributed by atoms with Crippen molar-refractivity contribution in [3.63, 3.8) is 0 Å². The monoisotopic (exact) mass is 347 g/mol. The van der Waals surface area contributed by atoms with Gasteiger partial charge in [-0.05, 0) is 25.5 Å². The van der Waals surface area contributed by atoms with E-state index in [1.807, 2.05) is 13.0 Å². The molecule has 0 saturated carbocycles. The van der Waals surface area contributed by atoms with E-state index in [-0.39, 0.29) is 17.7 Å². The summed E-state index contributed by atoms with van der Waals surface area (Å²) in [5.41, 5.74) is 1.37. The summed E-state index contributed by atoms with van der Waals surface area (Å²) < 4.78 is 42.0. The maximum atomic E-state index is 13.8. The topological polar surface area (TPSA) is 46.4 Å². The van der Waals surface area contributed by atoms with E-state index in [9.17, 15) is 18.0 Å². The van der Waals surface area contributed by atoms with Crippen LogP contribution in [0.3, 0.4) is 0 Å². The maximum Gasteiger partial charge on any atom is 0.258 e. The van der Waals surface area contributed by atoms with E-state index in [4.69, 9.17) is 0 Å². The lowest BCUT2D eigenvalue weighted by atomic mass is 10.1. The van der Waals surface area contributed by atoms with Crippen molar-refractivity contribution in [2.75, 3.05) is 0 Å². The van der Waals surface area contributed by atoms with E-state index >= 15 is 0 Å². The lowest BCUT2D eigenvalue weighted by Gasteiger charge is -2.16. The Morgan fingerprint density at radius 1 is 1.16 bits per heavy atom. The van der Waals surface area contributed by atoms with Crippen LogP contribution in [0.5, 0.6) is 0 Å². The van der Waals surface area contributed by atoms with Gasteiger partial charge in [-0.3, -0.25) is 9.20 Å². The van der Waals surface area contributed by atoms with Gasteiger partial charge in [0.1, 0.15) is 23.1 Å². The van der Waals surface area contributed by atoms with Crippen molar-refractivity contribution in [1.82, 2.24) is 14.7 Å². The van der Waals surface area contributed by atoms with Crippen LogP contribution in [0.25, 0.3) is 5.65 Å². The van der Waals surface area contributed by atoms with Gasteiger partial charge in [0, 0.05) is 42.5 Å². The van der Waals surface area contributed by atoms with Gasteiger partial charge in [-0.25, -0.2) is 18.2 Å². The summed E-state index contributed by atoms with van der Waals surface area (Å²) in [6.45, 7) is 3.56. The van der Waals surface area contributed by atoms with E-state index in [1.165, 1.54) is 10.5 Å². The number of halogens is 3. The lowest BCUT2D eigenvalue weighted by molar-refractivity contribution is 0.472. The summed E-state index contributed by atoms with van der Waals surface area (Å²) in [5.74, 6) is -2.88. The molecular weight excluding hydrogens is 331 g/mol. The van der Waals surface area contributed by atoms with Gasteiger partial charge >= 0.3 is 0 Å². The molecule has 1 aromatic carbocycles. The Hall–Kier alpha value is -2.67. The fraction of sp³-hybridized carbons (Fsp3) is 0.222. The zero-order valence-electron chi connectivity index (χ0n) is 13.7. The third-order valence-electron chi connectivity index (χ3n) is 3.93. The molecular formula is C18H16F3N3O. The Kier molecular flexibility index (Phi) is 4.59. The van der Waals surface area contributed by atoms with Crippen LogP contribution in [0.15, 0.2) is 41.3 Å². The van der Waals surface area contributed by atoms with Gasteiger partial charge in [-0.15, -0.1) is 0 Å². The third kappa shape index (κ3) is 3.56. The number of rotatable bonds is 4. The van der Waals surface area contributed by atoms with Crippen LogP contribution in [0.2, 0.25) is 0 Å². The fourth-order valence-electron chi connectivity index (χ4n) is 2.68. The summed E-state index contributed by atoms with van der Waals surface area (Å²) >= 11 is 0. The summed E-state index contributed by atoms with van der Waals surface area (Å²) in [4.78, 5) is 16.5. The quantitative estimate of drug-likeness (QED) is 0.788. The van der Waals surface area contributed by atoms with E-state index in [0.29, 0.717) is 23.5 Å². The minimum atomic E-state index is -0.967.